The molecule has 4 nitrogen and oxygen atoms in total. The number of carbonyl (C=O) groups is 1. The molecule has 0 fully saturated rings. The quantitative estimate of drug-likeness (QED) is 0.684. The maximum Gasteiger partial charge on any atom is 0.266 e. The zero-order valence-corrected chi connectivity index (χ0v) is 11.0. The smallest absolute Gasteiger partial charge is 0.266 e. The molecule has 98 valence electrons. The molecule has 0 aliphatic rings. The highest BCUT2D eigenvalue weighted by atomic mass is 16.1. The minimum absolute atomic E-state index is 0.0550. The van der Waals surface area contributed by atoms with Gasteiger partial charge in [0.05, 0.1) is 0 Å². The Balaban J connectivity index is 2.21. The molecule has 2 aromatic rings. The lowest BCUT2D eigenvalue weighted by atomic mass is 10.1. The van der Waals surface area contributed by atoms with Gasteiger partial charge in [0.15, 0.2) is 0 Å². The van der Waals surface area contributed by atoms with Crippen LogP contribution in [0.1, 0.15) is 11.1 Å². The first kappa shape index (κ1) is 13.5. The Morgan fingerprint density at radius 3 is 2.60 bits per heavy atom. The number of para-hydroxylation sites is 1. The van der Waals surface area contributed by atoms with Gasteiger partial charge in [-0.3, -0.25) is 9.78 Å². The molecule has 20 heavy (non-hydrogen) atoms. The van der Waals surface area contributed by atoms with Crippen molar-refractivity contribution in [1.82, 2.24) is 4.98 Å². The number of aromatic nitrogens is 1. The molecular weight excluding hydrogens is 250 g/mol. The molecule has 0 bridgehead atoms. The Bertz CT molecular complexity index is 684. The normalized spacial score (nSPS) is 10.7. The van der Waals surface area contributed by atoms with E-state index in [0.717, 1.165) is 11.1 Å². The van der Waals surface area contributed by atoms with Crippen LogP contribution in [0.4, 0.5) is 5.69 Å². The summed E-state index contributed by atoms with van der Waals surface area (Å²) in [5.74, 6) is -0.418. The molecule has 0 aliphatic heterocycles. The van der Waals surface area contributed by atoms with Gasteiger partial charge < -0.3 is 5.32 Å². The fraction of sp³-hybridized carbons (Fsp3) is 0.0625. The molecule has 0 saturated carbocycles. The van der Waals surface area contributed by atoms with Crippen LogP contribution in [0.3, 0.4) is 0 Å². The molecule has 0 atom stereocenters. The van der Waals surface area contributed by atoms with Gasteiger partial charge in [0.2, 0.25) is 0 Å². The van der Waals surface area contributed by atoms with E-state index >= 15 is 0 Å². The van der Waals surface area contributed by atoms with Crippen LogP contribution < -0.4 is 5.32 Å². The molecule has 1 aromatic heterocycles. The van der Waals surface area contributed by atoms with Crippen LogP contribution in [0.25, 0.3) is 6.08 Å². The van der Waals surface area contributed by atoms with E-state index in [4.69, 9.17) is 5.26 Å². The second kappa shape index (κ2) is 6.30. The molecule has 0 aliphatic carbocycles. The predicted molar refractivity (Wildman–Crippen MR) is 77.6 cm³/mol. The maximum atomic E-state index is 12.1. The summed E-state index contributed by atoms with van der Waals surface area (Å²) in [5, 5.41) is 11.8. The summed E-state index contributed by atoms with van der Waals surface area (Å²) in [6.45, 7) is 1.90. The fourth-order valence-corrected chi connectivity index (χ4v) is 1.68. The summed E-state index contributed by atoms with van der Waals surface area (Å²) in [7, 11) is 0. The Kier molecular flexibility index (Phi) is 4.25. The average molecular weight is 263 g/mol. The lowest BCUT2D eigenvalue weighted by molar-refractivity contribution is -0.112. The molecule has 1 N–H and O–H groups in total. The van der Waals surface area contributed by atoms with Crippen LogP contribution in [-0.2, 0) is 4.79 Å². The van der Waals surface area contributed by atoms with Crippen molar-refractivity contribution in [3.63, 3.8) is 0 Å². The van der Waals surface area contributed by atoms with Crippen molar-refractivity contribution >= 4 is 17.7 Å². The Hall–Kier alpha value is -2.93. The number of hydrogen-bond donors (Lipinski definition) is 1. The number of hydrogen-bond acceptors (Lipinski definition) is 3. The molecule has 1 heterocycles. The van der Waals surface area contributed by atoms with E-state index < -0.39 is 5.91 Å². The molecule has 0 saturated heterocycles. The van der Waals surface area contributed by atoms with Gasteiger partial charge in [0, 0.05) is 18.1 Å². The van der Waals surface area contributed by atoms with Crippen LogP contribution in [0.2, 0.25) is 0 Å². The van der Waals surface area contributed by atoms with E-state index in [2.05, 4.69) is 10.3 Å². The number of rotatable bonds is 3. The first-order chi connectivity index (χ1) is 9.70. The summed E-state index contributed by atoms with van der Waals surface area (Å²) in [5.41, 5.74) is 2.46. The van der Waals surface area contributed by atoms with Crippen molar-refractivity contribution < 1.29 is 4.79 Å². The number of anilines is 1. The average Bonchev–Trinajstić information content (AvgIpc) is 2.48. The number of nitrogens with zero attached hydrogens (tertiary/aromatic N) is 2. The van der Waals surface area contributed by atoms with Crippen LogP contribution in [-0.4, -0.2) is 10.9 Å². The third-order valence-corrected chi connectivity index (χ3v) is 2.78. The topological polar surface area (TPSA) is 65.8 Å². The summed E-state index contributed by atoms with van der Waals surface area (Å²) < 4.78 is 0. The van der Waals surface area contributed by atoms with E-state index in [1.807, 2.05) is 31.2 Å². The highest BCUT2D eigenvalue weighted by Crippen LogP contribution is 2.15. The standard InChI is InChI=1S/C16H13N3O/c1-12-4-2-3-5-15(12)19-16(20)14(11-17)10-13-6-8-18-9-7-13/h2-10H,1H3,(H,19,20)/b14-10-. The van der Waals surface area contributed by atoms with Crippen molar-refractivity contribution in [2.75, 3.05) is 5.32 Å². The minimum atomic E-state index is -0.418. The summed E-state index contributed by atoms with van der Waals surface area (Å²) in [6.07, 6.45) is 4.76. The molecule has 1 aromatic carbocycles. The van der Waals surface area contributed by atoms with Crippen molar-refractivity contribution in [2.45, 2.75) is 6.92 Å². The predicted octanol–water partition coefficient (Wildman–Crippen LogP) is 2.94. The van der Waals surface area contributed by atoms with Gasteiger partial charge in [0.25, 0.3) is 5.91 Å². The zero-order valence-electron chi connectivity index (χ0n) is 11.0. The Morgan fingerprint density at radius 2 is 1.95 bits per heavy atom. The lowest BCUT2D eigenvalue weighted by Crippen LogP contribution is -2.14. The maximum absolute atomic E-state index is 12.1. The number of nitriles is 1. The molecular formula is C16H13N3O. The van der Waals surface area contributed by atoms with Gasteiger partial charge in [-0.25, -0.2) is 0 Å². The van der Waals surface area contributed by atoms with Gasteiger partial charge in [-0.2, -0.15) is 5.26 Å². The highest BCUT2D eigenvalue weighted by molar-refractivity contribution is 6.09. The second-order valence-corrected chi connectivity index (χ2v) is 4.22. The second-order valence-electron chi connectivity index (χ2n) is 4.22. The van der Waals surface area contributed by atoms with Crippen molar-refractivity contribution in [3.05, 3.63) is 65.5 Å². The largest absolute Gasteiger partial charge is 0.321 e. The SMILES string of the molecule is Cc1ccccc1NC(=O)/C(C#N)=C\c1ccncc1. The van der Waals surface area contributed by atoms with Crippen molar-refractivity contribution in [1.29, 1.82) is 5.26 Å². The van der Waals surface area contributed by atoms with E-state index in [9.17, 15) is 4.79 Å². The van der Waals surface area contributed by atoms with Crippen LogP contribution >= 0.6 is 0 Å². The van der Waals surface area contributed by atoms with E-state index in [1.54, 1.807) is 30.6 Å². The number of benzene rings is 1. The third kappa shape index (κ3) is 3.30. The minimum Gasteiger partial charge on any atom is -0.321 e. The summed E-state index contributed by atoms with van der Waals surface area (Å²) in [4.78, 5) is 16.0. The van der Waals surface area contributed by atoms with Gasteiger partial charge >= 0.3 is 0 Å². The molecule has 2 rings (SSSR count). The fourth-order valence-electron chi connectivity index (χ4n) is 1.68. The summed E-state index contributed by atoms with van der Waals surface area (Å²) >= 11 is 0. The van der Waals surface area contributed by atoms with E-state index in [1.165, 1.54) is 6.08 Å². The summed E-state index contributed by atoms with van der Waals surface area (Å²) in [6, 6.07) is 12.8. The molecule has 4 heteroatoms. The third-order valence-electron chi connectivity index (χ3n) is 2.78. The van der Waals surface area contributed by atoms with Gasteiger partial charge in [-0.1, -0.05) is 18.2 Å². The van der Waals surface area contributed by atoms with Gasteiger partial charge in [-0.15, -0.1) is 0 Å². The Labute approximate surface area is 117 Å². The number of carbonyl (C=O) groups excluding carboxylic acids is 1. The first-order valence-corrected chi connectivity index (χ1v) is 6.09. The van der Waals surface area contributed by atoms with Gasteiger partial charge in [-0.05, 0) is 42.3 Å². The monoisotopic (exact) mass is 263 g/mol. The van der Waals surface area contributed by atoms with E-state index in [0.29, 0.717) is 5.69 Å². The molecule has 0 spiro atoms. The van der Waals surface area contributed by atoms with Crippen LogP contribution in [0, 0.1) is 18.3 Å². The molecule has 0 unspecified atom stereocenters. The highest BCUT2D eigenvalue weighted by Gasteiger charge is 2.10. The number of nitrogens with one attached hydrogen (secondary N) is 1. The first-order valence-electron chi connectivity index (χ1n) is 6.09. The number of aryl methyl sites for hydroxylation is 1. The lowest BCUT2D eigenvalue weighted by Gasteiger charge is -2.07. The molecule has 1 amide bonds. The van der Waals surface area contributed by atoms with Gasteiger partial charge in [0.1, 0.15) is 11.6 Å². The van der Waals surface area contributed by atoms with Crippen LogP contribution in [0.15, 0.2) is 54.4 Å². The van der Waals surface area contributed by atoms with Crippen molar-refractivity contribution in [2.24, 2.45) is 0 Å². The van der Waals surface area contributed by atoms with Crippen molar-refractivity contribution in [3.8, 4) is 6.07 Å². The zero-order chi connectivity index (χ0) is 14.4. The number of amides is 1. The number of pyridine rings is 1. The van der Waals surface area contributed by atoms with E-state index in [-0.39, 0.29) is 5.57 Å². The molecule has 0 radical (unpaired) electrons. The van der Waals surface area contributed by atoms with Crippen LogP contribution in [0.5, 0.6) is 0 Å². The Morgan fingerprint density at radius 1 is 1.25 bits per heavy atom.